The number of carboxylic acid groups (broad SMARTS) is 1. The van der Waals surface area contributed by atoms with Gasteiger partial charge in [0.05, 0.1) is 28.5 Å². The van der Waals surface area contributed by atoms with Gasteiger partial charge in [-0.1, -0.05) is 23.7 Å². The number of hydrogen-bond acceptors (Lipinski definition) is 3. The van der Waals surface area contributed by atoms with Crippen LogP contribution in [0.15, 0.2) is 42.5 Å². The van der Waals surface area contributed by atoms with E-state index in [1.54, 1.807) is 36.4 Å². The van der Waals surface area contributed by atoms with Crippen molar-refractivity contribution >= 4 is 28.6 Å². The van der Waals surface area contributed by atoms with Gasteiger partial charge < -0.3 is 5.11 Å². The highest BCUT2D eigenvalue weighted by atomic mass is 35.5. The largest absolute Gasteiger partial charge is 0.464 e. The number of halogens is 1. The van der Waals surface area contributed by atoms with Gasteiger partial charge in [-0.3, -0.25) is 0 Å². The third kappa shape index (κ3) is 2.22. The van der Waals surface area contributed by atoms with Crippen molar-refractivity contribution in [3.05, 3.63) is 53.2 Å². The first-order valence-electron chi connectivity index (χ1n) is 6.02. The number of pyridine rings is 1. The number of carbonyl (C=O) groups is 1. The zero-order chi connectivity index (χ0) is 15.0. The third-order valence-corrected chi connectivity index (χ3v) is 3.31. The zero-order valence-corrected chi connectivity index (χ0v) is 11.4. The summed E-state index contributed by atoms with van der Waals surface area (Å²) in [7, 11) is 0. The number of nitrogens with zero attached hydrogens (tertiary/aromatic N) is 3. The Hall–Kier alpha value is -2.84. The summed E-state index contributed by atoms with van der Waals surface area (Å²) in [6.07, 6.45) is -1.14. The topological polar surface area (TPSA) is 78.9 Å². The molecule has 0 fully saturated rings. The average Bonchev–Trinajstić information content (AvgIpc) is 2.85. The predicted octanol–water partition coefficient (Wildman–Crippen LogP) is 3.75. The maximum atomic E-state index is 11.6. The highest BCUT2D eigenvalue weighted by Crippen LogP contribution is 2.28. The Bertz CT molecular complexity index is 909. The Morgan fingerprint density at radius 2 is 2.10 bits per heavy atom. The maximum Gasteiger partial charge on any atom is 0.416 e. The van der Waals surface area contributed by atoms with Gasteiger partial charge in [0.15, 0.2) is 0 Å². The van der Waals surface area contributed by atoms with Crippen LogP contribution in [0.4, 0.5) is 4.79 Å². The van der Waals surface area contributed by atoms with Crippen molar-refractivity contribution in [2.75, 3.05) is 0 Å². The molecule has 102 valence electrons. The number of benzene rings is 1. The van der Waals surface area contributed by atoms with Gasteiger partial charge in [0, 0.05) is 5.39 Å². The average molecular weight is 298 g/mol. The summed E-state index contributed by atoms with van der Waals surface area (Å²) in [5.74, 6) is 0. The molecule has 0 spiro atoms. The van der Waals surface area contributed by atoms with Crippen LogP contribution in [-0.4, -0.2) is 20.8 Å². The lowest BCUT2D eigenvalue weighted by Crippen LogP contribution is -2.09. The van der Waals surface area contributed by atoms with Crippen molar-refractivity contribution in [2.45, 2.75) is 0 Å². The fraction of sp³-hybridized carbons (Fsp3) is 0. The molecular formula is C15H8ClN3O2. The Balaban J connectivity index is 2.35. The van der Waals surface area contributed by atoms with Gasteiger partial charge in [0.1, 0.15) is 5.15 Å². The van der Waals surface area contributed by atoms with Crippen LogP contribution < -0.4 is 0 Å². The minimum Gasteiger partial charge on any atom is -0.464 e. The first-order valence-corrected chi connectivity index (χ1v) is 6.40. The molecule has 21 heavy (non-hydrogen) atoms. The molecule has 0 bridgehead atoms. The lowest BCUT2D eigenvalue weighted by atomic mass is 10.2. The van der Waals surface area contributed by atoms with Gasteiger partial charge in [-0.15, -0.1) is 0 Å². The van der Waals surface area contributed by atoms with Crippen molar-refractivity contribution in [1.29, 1.82) is 5.26 Å². The molecule has 0 aliphatic heterocycles. The fourth-order valence-electron chi connectivity index (χ4n) is 2.22. The molecule has 1 aromatic carbocycles. The van der Waals surface area contributed by atoms with Crippen LogP contribution in [0.3, 0.4) is 0 Å². The zero-order valence-electron chi connectivity index (χ0n) is 10.6. The Morgan fingerprint density at radius 1 is 1.29 bits per heavy atom. The molecule has 3 rings (SSSR count). The van der Waals surface area contributed by atoms with E-state index < -0.39 is 6.09 Å². The smallest absolute Gasteiger partial charge is 0.416 e. The predicted molar refractivity (Wildman–Crippen MR) is 78.3 cm³/mol. The minimum atomic E-state index is -1.14. The normalized spacial score (nSPS) is 10.5. The second kappa shape index (κ2) is 4.93. The van der Waals surface area contributed by atoms with Crippen LogP contribution in [0.2, 0.25) is 5.15 Å². The first-order chi connectivity index (χ1) is 10.1. The van der Waals surface area contributed by atoms with E-state index in [2.05, 4.69) is 4.98 Å². The summed E-state index contributed by atoms with van der Waals surface area (Å²) in [5.41, 5.74) is 1.71. The Morgan fingerprint density at radius 3 is 2.76 bits per heavy atom. The van der Waals surface area contributed by atoms with E-state index in [1.165, 1.54) is 6.07 Å². The molecule has 2 heterocycles. The summed E-state index contributed by atoms with van der Waals surface area (Å²) in [6.45, 7) is 0. The van der Waals surface area contributed by atoms with Crippen LogP contribution in [0.25, 0.3) is 22.3 Å². The van der Waals surface area contributed by atoms with Crippen molar-refractivity contribution < 1.29 is 9.90 Å². The number of hydrogen-bond donors (Lipinski definition) is 1. The van der Waals surface area contributed by atoms with Gasteiger partial charge in [-0.25, -0.2) is 14.3 Å². The van der Waals surface area contributed by atoms with E-state index >= 15 is 0 Å². The molecule has 5 nitrogen and oxygen atoms in total. The van der Waals surface area contributed by atoms with Crippen LogP contribution >= 0.6 is 11.6 Å². The lowest BCUT2D eigenvalue weighted by Gasteiger charge is -2.05. The SMILES string of the molecule is N#Cc1ccc2cc(-c3cccc(Cl)n3)n(C(=O)O)c2c1. The summed E-state index contributed by atoms with van der Waals surface area (Å²) in [4.78, 5) is 15.7. The van der Waals surface area contributed by atoms with Gasteiger partial charge in [0.25, 0.3) is 0 Å². The standard InChI is InChI=1S/C15H8ClN3O2/c16-14-3-1-2-11(18-14)13-7-10-5-4-9(8-17)6-12(10)19(13)15(20)21/h1-7H,(H,20,21). The second-order valence-electron chi connectivity index (χ2n) is 4.38. The molecule has 0 unspecified atom stereocenters. The van der Waals surface area contributed by atoms with Crippen LogP contribution in [0.1, 0.15) is 5.56 Å². The van der Waals surface area contributed by atoms with Crippen molar-refractivity contribution in [1.82, 2.24) is 9.55 Å². The Labute approximate surface area is 124 Å². The molecular weight excluding hydrogens is 290 g/mol. The van der Waals surface area contributed by atoms with Gasteiger partial charge in [-0.05, 0) is 30.3 Å². The summed E-state index contributed by atoms with van der Waals surface area (Å²) in [5, 5.41) is 19.4. The van der Waals surface area contributed by atoms with Gasteiger partial charge >= 0.3 is 6.09 Å². The number of rotatable bonds is 1. The van der Waals surface area contributed by atoms with Crippen LogP contribution in [0, 0.1) is 11.3 Å². The molecule has 6 heteroatoms. The molecule has 3 aromatic rings. The second-order valence-corrected chi connectivity index (χ2v) is 4.77. The van der Waals surface area contributed by atoms with E-state index in [1.807, 2.05) is 6.07 Å². The Kier molecular flexibility index (Phi) is 3.09. The van der Waals surface area contributed by atoms with Crippen LogP contribution in [0.5, 0.6) is 0 Å². The minimum absolute atomic E-state index is 0.285. The molecule has 0 aliphatic carbocycles. The molecule has 0 atom stereocenters. The fourth-order valence-corrected chi connectivity index (χ4v) is 2.38. The molecule has 0 aliphatic rings. The van der Waals surface area contributed by atoms with E-state index in [0.29, 0.717) is 27.9 Å². The van der Waals surface area contributed by atoms with Crippen molar-refractivity contribution in [3.8, 4) is 17.5 Å². The van der Waals surface area contributed by atoms with Gasteiger partial charge in [0.2, 0.25) is 0 Å². The van der Waals surface area contributed by atoms with Crippen LogP contribution in [-0.2, 0) is 0 Å². The first kappa shape index (κ1) is 13.2. The number of aromatic nitrogens is 2. The highest BCUT2D eigenvalue weighted by molar-refractivity contribution is 6.29. The van der Waals surface area contributed by atoms with E-state index in [0.717, 1.165) is 4.57 Å². The monoisotopic (exact) mass is 297 g/mol. The quantitative estimate of drug-likeness (QED) is 0.694. The van der Waals surface area contributed by atoms with Crippen molar-refractivity contribution in [2.24, 2.45) is 0 Å². The molecule has 0 saturated carbocycles. The number of fused-ring (bicyclic) bond motifs is 1. The molecule has 1 N–H and O–H groups in total. The third-order valence-electron chi connectivity index (χ3n) is 3.10. The molecule has 2 aromatic heterocycles. The summed E-state index contributed by atoms with van der Waals surface area (Å²) in [6, 6.07) is 13.6. The maximum absolute atomic E-state index is 11.6. The highest BCUT2D eigenvalue weighted by Gasteiger charge is 2.17. The van der Waals surface area contributed by atoms with E-state index in [4.69, 9.17) is 16.9 Å². The van der Waals surface area contributed by atoms with E-state index in [9.17, 15) is 9.90 Å². The lowest BCUT2D eigenvalue weighted by molar-refractivity contribution is 0.198. The molecule has 0 amide bonds. The van der Waals surface area contributed by atoms with Crippen molar-refractivity contribution in [3.63, 3.8) is 0 Å². The molecule has 0 saturated heterocycles. The van der Waals surface area contributed by atoms with Gasteiger partial charge in [-0.2, -0.15) is 5.26 Å². The molecule has 0 radical (unpaired) electrons. The number of nitriles is 1. The van der Waals surface area contributed by atoms with E-state index in [-0.39, 0.29) is 5.15 Å². The summed E-state index contributed by atoms with van der Waals surface area (Å²) >= 11 is 5.86. The summed E-state index contributed by atoms with van der Waals surface area (Å²) < 4.78 is 1.11.